The van der Waals surface area contributed by atoms with Crippen LogP contribution in [0.2, 0.25) is 0 Å². The number of nitrogens with zero attached hydrogens (tertiary/aromatic N) is 2. The molecule has 1 aromatic carbocycles. The molecule has 8 heteroatoms. The molecule has 0 bridgehead atoms. The van der Waals surface area contributed by atoms with E-state index in [-0.39, 0.29) is 23.3 Å². The number of benzene rings is 1. The second-order valence-electron chi connectivity index (χ2n) is 4.89. The smallest absolute Gasteiger partial charge is 0.392 e. The molecular weight excluding hydrogens is 287 g/mol. The van der Waals surface area contributed by atoms with E-state index in [4.69, 9.17) is 4.52 Å². The zero-order chi connectivity index (χ0) is 15.0. The number of hydrogen-bond donors (Lipinski definition) is 2. The van der Waals surface area contributed by atoms with Crippen LogP contribution in [0.4, 0.5) is 13.2 Å². The van der Waals surface area contributed by atoms with Crippen LogP contribution in [0.3, 0.4) is 0 Å². The van der Waals surface area contributed by atoms with Crippen molar-refractivity contribution in [2.75, 3.05) is 6.54 Å². The van der Waals surface area contributed by atoms with Gasteiger partial charge in [-0.1, -0.05) is 17.3 Å². The van der Waals surface area contributed by atoms with E-state index in [2.05, 4.69) is 15.5 Å². The summed E-state index contributed by atoms with van der Waals surface area (Å²) >= 11 is 0. The minimum Gasteiger partial charge on any atom is -0.392 e. The van der Waals surface area contributed by atoms with Gasteiger partial charge in [-0.25, -0.2) is 0 Å². The average Bonchev–Trinajstić information content (AvgIpc) is 3.06. The normalized spacial score (nSPS) is 22.7. The summed E-state index contributed by atoms with van der Waals surface area (Å²) in [5, 5.41) is 16.1. The van der Waals surface area contributed by atoms with Crippen LogP contribution in [0.1, 0.15) is 23.9 Å². The Kier molecular flexibility index (Phi) is 3.42. The van der Waals surface area contributed by atoms with Crippen molar-refractivity contribution in [1.29, 1.82) is 0 Å². The van der Waals surface area contributed by atoms with Crippen LogP contribution in [0.15, 0.2) is 28.8 Å². The van der Waals surface area contributed by atoms with Crippen LogP contribution < -0.4 is 5.32 Å². The quantitative estimate of drug-likeness (QED) is 0.889. The number of aromatic nitrogens is 2. The topological polar surface area (TPSA) is 71.2 Å². The minimum atomic E-state index is -4.42. The first-order chi connectivity index (χ1) is 9.93. The fourth-order valence-electron chi connectivity index (χ4n) is 2.23. The van der Waals surface area contributed by atoms with Crippen molar-refractivity contribution in [2.24, 2.45) is 0 Å². The Morgan fingerprint density at radius 2 is 2.14 bits per heavy atom. The molecule has 0 aliphatic carbocycles. The molecule has 3 rings (SSSR count). The van der Waals surface area contributed by atoms with Gasteiger partial charge in [0.1, 0.15) is 0 Å². The van der Waals surface area contributed by atoms with E-state index in [9.17, 15) is 18.3 Å². The van der Waals surface area contributed by atoms with Crippen LogP contribution in [0.25, 0.3) is 11.4 Å². The largest absolute Gasteiger partial charge is 0.416 e. The third kappa shape index (κ3) is 2.91. The molecule has 0 radical (unpaired) electrons. The van der Waals surface area contributed by atoms with E-state index >= 15 is 0 Å². The Morgan fingerprint density at radius 3 is 2.81 bits per heavy atom. The molecule has 1 aliphatic rings. The van der Waals surface area contributed by atoms with Gasteiger partial charge in [0.05, 0.1) is 17.7 Å². The lowest BCUT2D eigenvalue weighted by Crippen LogP contribution is -2.15. The van der Waals surface area contributed by atoms with Gasteiger partial charge in [0, 0.05) is 12.1 Å². The molecule has 2 heterocycles. The van der Waals surface area contributed by atoms with Crippen LogP contribution >= 0.6 is 0 Å². The predicted molar refractivity (Wildman–Crippen MR) is 66.1 cm³/mol. The SMILES string of the molecule is OC1CNC(c2nc(-c3cccc(C(F)(F)F)c3)no2)C1. The first-order valence-corrected chi connectivity index (χ1v) is 6.36. The van der Waals surface area contributed by atoms with Gasteiger partial charge in [0.2, 0.25) is 11.7 Å². The molecule has 2 N–H and O–H groups in total. The Labute approximate surface area is 117 Å². The lowest BCUT2D eigenvalue weighted by Gasteiger charge is -2.06. The number of nitrogens with one attached hydrogen (secondary N) is 1. The maximum absolute atomic E-state index is 12.7. The van der Waals surface area contributed by atoms with Crippen LogP contribution in [-0.4, -0.2) is 27.9 Å². The molecule has 0 saturated carbocycles. The zero-order valence-corrected chi connectivity index (χ0v) is 10.8. The number of rotatable bonds is 2. The van der Waals surface area contributed by atoms with Gasteiger partial charge >= 0.3 is 6.18 Å². The minimum absolute atomic E-state index is 0.0966. The Hall–Kier alpha value is -1.93. The molecule has 1 aliphatic heterocycles. The predicted octanol–water partition coefficient (Wildman–Crippen LogP) is 2.15. The van der Waals surface area contributed by atoms with E-state index in [1.54, 1.807) is 0 Å². The summed E-state index contributed by atoms with van der Waals surface area (Å²) in [5.41, 5.74) is -0.529. The lowest BCUT2D eigenvalue weighted by molar-refractivity contribution is -0.137. The monoisotopic (exact) mass is 299 g/mol. The number of aliphatic hydroxyl groups is 1. The number of halogens is 3. The second kappa shape index (κ2) is 5.12. The van der Waals surface area contributed by atoms with Crippen molar-refractivity contribution in [3.8, 4) is 11.4 Å². The summed E-state index contributed by atoms with van der Waals surface area (Å²) in [5.74, 6) is 0.359. The molecule has 0 amide bonds. The Bertz CT molecular complexity index is 642. The van der Waals surface area contributed by atoms with Crippen LogP contribution in [0.5, 0.6) is 0 Å². The highest BCUT2D eigenvalue weighted by molar-refractivity contribution is 5.55. The van der Waals surface area contributed by atoms with Gasteiger partial charge in [-0.05, 0) is 18.6 Å². The standard InChI is InChI=1S/C13H12F3N3O2/c14-13(15,16)8-3-1-2-7(4-8)11-18-12(21-19-11)10-5-9(20)6-17-10/h1-4,9-10,17,20H,5-6H2. The third-order valence-corrected chi connectivity index (χ3v) is 3.30. The van der Waals surface area contributed by atoms with E-state index in [0.29, 0.717) is 13.0 Å². The first-order valence-electron chi connectivity index (χ1n) is 6.36. The molecule has 21 heavy (non-hydrogen) atoms. The van der Waals surface area contributed by atoms with Crippen molar-refractivity contribution < 1.29 is 22.8 Å². The third-order valence-electron chi connectivity index (χ3n) is 3.30. The van der Waals surface area contributed by atoms with Crippen molar-refractivity contribution in [1.82, 2.24) is 15.5 Å². The van der Waals surface area contributed by atoms with Crippen LogP contribution in [-0.2, 0) is 6.18 Å². The first kappa shape index (κ1) is 14.0. The van der Waals surface area contributed by atoms with Crippen molar-refractivity contribution >= 4 is 0 Å². The van der Waals surface area contributed by atoms with Crippen LogP contribution in [0, 0.1) is 0 Å². The highest BCUT2D eigenvalue weighted by Gasteiger charge is 2.31. The van der Waals surface area contributed by atoms with E-state index in [0.717, 1.165) is 12.1 Å². The molecule has 2 atom stereocenters. The summed E-state index contributed by atoms with van der Waals surface area (Å²) in [7, 11) is 0. The number of aliphatic hydroxyl groups excluding tert-OH is 1. The number of hydrogen-bond acceptors (Lipinski definition) is 5. The van der Waals surface area contributed by atoms with E-state index in [1.807, 2.05) is 0 Å². The number of alkyl halides is 3. The van der Waals surface area contributed by atoms with Crippen molar-refractivity contribution in [3.63, 3.8) is 0 Å². The van der Waals surface area contributed by atoms with Gasteiger partial charge in [0.15, 0.2) is 0 Å². The molecule has 1 saturated heterocycles. The van der Waals surface area contributed by atoms with Crippen molar-refractivity contribution in [2.45, 2.75) is 24.7 Å². The zero-order valence-electron chi connectivity index (χ0n) is 10.8. The fourth-order valence-corrected chi connectivity index (χ4v) is 2.23. The molecule has 0 spiro atoms. The highest BCUT2D eigenvalue weighted by atomic mass is 19.4. The molecule has 5 nitrogen and oxygen atoms in total. The molecule has 112 valence electrons. The lowest BCUT2D eigenvalue weighted by atomic mass is 10.1. The van der Waals surface area contributed by atoms with Crippen molar-refractivity contribution in [3.05, 3.63) is 35.7 Å². The Balaban J connectivity index is 1.86. The summed E-state index contributed by atoms with van der Waals surface area (Å²) in [6, 6.07) is 4.48. The van der Waals surface area contributed by atoms with Gasteiger partial charge in [-0.2, -0.15) is 18.2 Å². The van der Waals surface area contributed by atoms with Gasteiger partial charge in [-0.15, -0.1) is 0 Å². The second-order valence-corrected chi connectivity index (χ2v) is 4.89. The molecular formula is C13H12F3N3O2. The maximum Gasteiger partial charge on any atom is 0.416 e. The highest BCUT2D eigenvalue weighted by Crippen LogP contribution is 2.32. The molecule has 2 unspecified atom stereocenters. The maximum atomic E-state index is 12.7. The van der Waals surface area contributed by atoms with Gasteiger partial charge in [0.25, 0.3) is 0 Å². The van der Waals surface area contributed by atoms with Gasteiger partial charge < -0.3 is 14.9 Å². The summed E-state index contributed by atoms with van der Waals surface area (Å²) in [4.78, 5) is 4.10. The average molecular weight is 299 g/mol. The van der Waals surface area contributed by atoms with E-state index < -0.39 is 17.8 Å². The summed E-state index contributed by atoms with van der Waals surface area (Å²) in [6.45, 7) is 0.423. The summed E-state index contributed by atoms with van der Waals surface area (Å²) in [6.07, 6.45) is -4.47. The molecule has 1 aromatic heterocycles. The van der Waals surface area contributed by atoms with Gasteiger partial charge in [-0.3, -0.25) is 0 Å². The molecule has 2 aromatic rings. The summed E-state index contributed by atoms with van der Waals surface area (Å²) < 4.78 is 43.1. The number of β-amino-alcohol motifs (C(OH)–C–C–N with tert-alkyl or cyclic N) is 1. The fraction of sp³-hybridized carbons (Fsp3) is 0.385. The Morgan fingerprint density at radius 1 is 1.33 bits per heavy atom. The molecule has 1 fully saturated rings. The van der Waals surface area contributed by atoms with E-state index in [1.165, 1.54) is 12.1 Å².